The minimum atomic E-state index is -0.763. The molecule has 1 heterocycles. The van der Waals surface area contributed by atoms with Crippen molar-refractivity contribution in [3.63, 3.8) is 0 Å². The first-order chi connectivity index (χ1) is 9.41. The number of piperidine rings is 1. The Kier molecular flexibility index (Phi) is 4.25. The molecule has 5 heteroatoms. The van der Waals surface area contributed by atoms with Crippen molar-refractivity contribution in [1.29, 1.82) is 0 Å². The van der Waals surface area contributed by atoms with E-state index in [1.165, 1.54) is 0 Å². The normalized spacial score (nSPS) is 26.3. The van der Waals surface area contributed by atoms with Crippen LogP contribution in [0.15, 0.2) is 5.16 Å². The number of rotatable bonds is 2. The summed E-state index contributed by atoms with van der Waals surface area (Å²) in [4.78, 5) is 15.0. The first-order valence-electron chi connectivity index (χ1n) is 7.69. The Morgan fingerprint density at radius 1 is 1.15 bits per heavy atom. The molecule has 3 N–H and O–H groups in total. The molecule has 114 valence electrons. The molecule has 1 saturated carbocycles. The van der Waals surface area contributed by atoms with E-state index in [4.69, 9.17) is 10.9 Å². The molecule has 1 aliphatic heterocycles. The van der Waals surface area contributed by atoms with Gasteiger partial charge < -0.3 is 15.8 Å². The van der Waals surface area contributed by atoms with Crippen molar-refractivity contribution in [1.82, 2.24) is 4.90 Å². The molecule has 2 rings (SSSR count). The summed E-state index contributed by atoms with van der Waals surface area (Å²) in [7, 11) is 0. The van der Waals surface area contributed by atoms with E-state index in [0.717, 1.165) is 45.2 Å². The van der Waals surface area contributed by atoms with Crippen LogP contribution in [-0.2, 0) is 4.79 Å². The second-order valence-electron chi connectivity index (χ2n) is 7.12. The molecule has 0 aromatic heterocycles. The van der Waals surface area contributed by atoms with Crippen LogP contribution in [0.3, 0.4) is 0 Å². The highest BCUT2D eigenvalue weighted by atomic mass is 16.4. The van der Waals surface area contributed by atoms with Crippen LogP contribution in [0.2, 0.25) is 0 Å². The predicted octanol–water partition coefficient (Wildman–Crippen LogP) is 2.33. The van der Waals surface area contributed by atoms with Crippen LogP contribution < -0.4 is 5.73 Å². The van der Waals surface area contributed by atoms with Gasteiger partial charge in [-0.3, -0.25) is 4.79 Å². The summed E-state index contributed by atoms with van der Waals surface area (Å²) in [6.07, 6.45) is 6.66. The standard InChI is InChI=1S/C15H27N3O2/c1-14(2)7-6-10-18(11-14)13(19)15(12(16)17-20)8-4-3-5-9-15/h20H,3-11H2,1-2H3,(H2,16,17). The Labute approximate surface area is 121 Å². The lowest BCUT2D eigenvalue weighted by Gasteiger charge is -2.44. The van der Waals surface area contributed by atoms with Gasteiger partial charge in [0.15, 0.2) is 5.84 Å². The molecule has 2 aliphatic rings. The fourth-order valence-corrected chi connectivity index (χ4v) is 3.73. The molecule has 0 radical (unpaired) electrons. The molecule has 0 spiro atoms. The number of hydrogen-bond acceptors (Lipinski definition) is 3. The highest BCUT2D eigenvalue weighted by Gasteiger charge is 2.47. The molecule has 1 amide bonds. The zero-order valence-corrected chi connectivity index (χ0v) is 12.7. The lowest BCUT2D eigenvalue weighted by atomic mass is 9.71. The topological polar surface area (TPSA) is 78.9 Å². The van der Waals surface area contributed by atoms with E-state index in [0.29, 0.717) is 12.8 Å². The van der Waals surface area contributed by atoms with Gasteiger partial charge in [-0.1, -0.05) is 38.3 Å². The summed E-state index contributed by atoms with van der Waals surface area (Å²) in [5, 5.41) is 12.3. The number of carbonyl (C=O) groups excluding carboxylic acids is 1. The summed E-state index contributed by atoms with van der Waals surface area (Å²) < 4.78 is 0. The maximum Gasteiger partial charge on any atom is 0.236 e. The molecular weight excluding hydrogens is 254 g/mol. The average Bonchev–Trinajstić information content (AvgIpc) is 2.45. The van der Waals surface area contributed by atoms with E-state index in [1.54, 1.807) is 0 Å². The van der Waals surface area contributed by atoms with Crippen LogP contribution in [0.4, 0.5) is 0 Å². The molecule has 1 saturated heterocycles. The van der Waals surface area contributed by atoms with Crippen molar-refractivity contribution in [2.24, 2.45) is 21.7 Å². The molecule has 2 fully saturated rings. The van der Waals surface area contributed by atoms with Crippen LogP contribution in [0.25, 0.3) is 0 Å². The van der Waals surface area contributed by atoms with Crippen LogP contribution in [-0.4, -0.2) is 34.9 Å². The van der Waals surface area contributed by atoms with E-state index < -0.39 is 5.41 Å². The lowest BCUT2D eigenvalue weighted by molar-refractivity contribution is -0.143. The number of carbonyl (C=O) groups is 1. The van der Waals surface area contributed by atoms with Gasteiger partial charge in [0.25, 0.3) is 0 Å². The van der Waals surface area contributed by atoms with Crippen LogP contribution in [0, 0.1) is 10.8 Å². The average molecular weight is 281 g/mol. The first-order valence-corrected chi connectivity index (χ1v) is 7.69. The maximum absolute atomic E-state index is 13.0. The summed E-state index contributed by atoms with van der Waals surface area (Å²) in [6.45, 7) is 5.96. The van der Waals surface area contributed by atoms with Gasteiger partial charge in [-0.05, 0) is 31.1 Å². The van der Waals surface area contributed by atoms with Gasteiger partial charge in [0.1, 0.15) is 5.41 Å². The number of hydrogen-bond donors (Lipinski definition) is 2. The largest absolute Gasteiger partial charge is 0.409 e. The summed E-state index contributed by atoms with van der Waals surface area (Å²) in [5.74, 6) is 0.172. The number of likely N-dealkylation sites (tertiary alicyclic amines) is 1. The van der Waals surface area contributed by atoms with Crippen LogP contribution in [0.5, 0.6) is 0 Å². The Hall–Kier alpha value is -1.26. The molecule has 1 aliphatic carbocycles. The highest BCUT2D eigenvalue weighted by molar-refractivity contribution is 6.06. The number of nitrogens with zero attached hydrogens (tertiary/aromatic N) is 2. The van der Waals surface area contributed by atoms with Gasteiger partial charge in [0, 0.05) is 13.1 Å². The smallest absolute Gasteiger partial charge is 0.236 e. The Balaban J connectivity index is 2.23. The number of nitrogens with two attached hydrogens (primary N) is 1. The van der Waals surface area contributed by atoms with Gasteiger partial charge in [-0.25, -0.2) is 0 Å². The zero-order valence-electron chi connectivity index (χ0n) is 12.7. The molecule has 0 atom stereocenters. The van der Waals surface area contributed by atoms with Crippen molar-refractivity contribution < 1.29 is 10.0 Å². The first kappa shape index (κ1) is 15.1. The number of oxime groups is 1. The minimum Gasteiger partial charge on any atom is -0.409 e. The molecule has 0 aromatic carbocycles. The second-order valence-corrected chi connectivity index (χ2v) is 7.12. The van der Waals surface area contributed by atoms with E-state index in [9.17, 15) is 4.79 Å². The van der Waals surface area contributed by atoms with Crippen molar-refractivity contribution in [3.8, 4) is 0 Å². The molecule has 0 bridgehead atoms. The number of amidine groups is 1. The Morgan fingerprint density at radius 2 is 1.80 bits per heavy atom. The number of amides is 1. The van der Waals surface area contributed by atoms with Crippen molar-refractivity contribution in [2.45, 2.75) is 58.8 Å². The second kappa shape index (κ2) is 5.62. The SMILES string of the molecule is CC1(C)CCCN(C(=O)C2(C(N)=NO)CCCCC2)C1. The van der Waals surface area contributed by atoms with Crippen molar-refractivity contribution in [3.05, 3.63) is 0 Å². The van der Waals surface area contributed by atoms with Crippen molar-refractivity contribution in [2.75, 3.05) is 13.1 Å². The van der Waals surface area contributed by atoms with Crippen molar-refractivity contribution >= 4 is 11.7 Å². The summed E-state index contributed by atoms with van der Waals surface area (Å²) in [5.41, 5.74) is 5.31. The van der Waals surface area contributed by atoms with Gasteiger partial charge in [-0.15, -0.1) is 0 Å². The van der Waals surface area contributed by atoms with E-state index in [-0.39, 0.29) is 17.2 Å². The lowest BCUT2D eigenvalue weighted by Crippen LogP contribution is -2.55. The van der Waals surface area contributed by atoms with Gasteiger partial charge in [0.2, 0.25) is 5.91 Å². The third-order valence-corrected chi connectivity index (χ3v) is 4.90. The summed E-state index contributed by atoms with van der Waals surface area (Å²) >= 11 is 0. The zero-order chi connectivity index (χ0) is 14.8. The third-order valence-electron chi connectivity index (χ3n) is 4.90. The molecule has 20 heavy (non-hydrogen) atoms. The van der Waals surface area contributed by atoms with Crippen LogP contribution in [0.1, 0.15) is 58.8 Å². The Morgan fingerprint density at radius 3 is 2.35 bits per heavy atom. The van der Waals surface area contributed by atoms with Gasteiger partial charge >= 0.3 is 0 Å². The summed E-state index contributed by atoms with van der Waals surface area (Å²) in [6, 6.07) is 0. The Bertz CT molecular complexity index is 398. The third kappa shape index (κ3) is 2.76. The quantitative estimate of drug-likeness (QED) is 0.353. The minimum absolute atomic E-state index is 0.0697. The van der Waals surface area contributed by atoms with Crippen LogP contribution >= 0.6 is 0 Å². The van der Waals surface area contributed by atoms with E-state index in [1.807, 2.05) is 4.90 Å². The fourth-order valence-electron chi connectivity index (χ4n) is 3.73. The van der Waals surface area contributed by atoms with E-state index in [2.05, 4.69) is 19.0 Å². The molecule has 5 nitrogen and oxygen atoms in total. The highest BCUT2D eigenvalue weighted by Crippen LogP contribution is 2.40. The monoisotopic (exact) mass is 281 g/mol. The fraction of sp³-hybridized carbons (Fsp3) is 0.867. The molecular formula is C15H27N3O2. The molecule has 0 aromatic rings. The molecule has 0 unspecified atom stereocenters. The van der Waals surface area contributed by atoms with E-state index >= 15 is 0 Å². The van der Waals surface area contributed by atoms with Gasteiger partial charge in [-0.2, -0.15) is 0 Å². The predicted molar refractivity (Wildman–Crippen MR) is 78.5 cm³/mol. The van der Waals surface area contributed by atoms with Gasteiger partial charge in [0.05, 0.1) is 0 Å². The maximum atomic E-state index is 13.0.